The molecule has 3 rings (SSSR count). The summed E-state index contributed by atoms with van der Waals surface area (Å²) in [5.74, 6) is 0.870. The van der Waals surface area contributed by atoms with E-state index in [1.807, 2.05) is 40.3 Å². The molecule has 0 spiro atoms. The fourth-order valence-electron chi connectivity index (χ4n) is 2.06. The Kier molecular flexibility index (Phi) is 4.08. The molecule has 0 fully saturated rings. The largest absolute Gasteiger partial charge is 0.305 e. The van der Waals surface area contributed by atoms with E-state index in [0.29, 0.717) is 23.4 Å². The van der Waals surface area contributed by atoms with Gasteiger partial charge in [0.2, 0.25) is 0 Å². The Morgan fingerprint density at radius 1 is 1.48 bits per heavy atom. The minimum absolute atomic E-state index is 0.623. The van der Waals surface area contributed by atoms with Crippen molar-refractivity contribution in [3.63, 3.8) is 0 Å². The number of nitrogens with zero attached hydrogens (tertiary/aromatic N) is 2. The van der Waals surface area contributed by atoms with E-state index >= 15 is 0 Å². The van der Waals surface area contributed by atoms with Gasteiger partial charge in [0.05, 0.1) is 4.88 Å². The first-order chi connectivity index (χ1) is 10.2. The van der Waals surface area contributed by atoms with Crippen LogP contribution in [0, 0.1) is 10.2 Å². The summed E-state index contributed by atoms with van der Waals surface area (Å²) in [6.07, 6.45) is 10.6. The average molecular weight is 314 g/mol. The van der Waals surface area contributed by atoms with Gasteiger partial charge in [-0.3, -0.25) is 9.67 Å². The van der Waals surface area contributed by atoms with Gasteiger partial charge in [0.1, 0.15) is 0 Å². The van der Waals surface area contributed by atoms with Gasteiger partial charge in [0.15, 0.2) is 10.6 Å². The van der Waals surface area contributed by atoms with Gasteiger partial charge in [-0.25, -0.2) is 0 Å². The normalized spacial score (nSPS) is 14.9. The summed E-state index contributed by atoms with van der Waals surface area (Å²) in [6, 6.07) is 4.04. The number of thiophene rings is 1. The number of allylic oxidation sites excluding steroid dienone is 6. The fraction of sp³-hybridized carbons (Fsp3) is 0.133. The molecule has 1 aliphatic carbocycles. The highest BCUT2D eigenvalue weighted by Gasteiger charge is 2.08. The van der Waals surface area contributed by atoms with Crippen LogP contribution in [-0.2, 0) is 6.54 Å². The highest BCUT2D eigenvalue weighted by atomic mass is 32.1. The summed E-state index contributed by atoms with van der Waals surface area (Å²) in [6.45, 7) is 0.672. The van der Waals surface area contributed by atoms with Crippen LogP contribution >= 0.6 is 23.6 Å². The van der Waals surface area contributed by atoms with Crippen molar-refractivity contribution in [1.82, 2.24) is 14.8 Å². The van der Waals surface area contributed by atoms with Crippen molar-refractivity contribution in [2.75, 3.05) is 0 Å². The van der Waals surface area contributed by atoms with Crippen LogP contribution in [0.1, 0.15) is 6.42 Å². The predicted octanol–water partition coefficient (Wildman–Crippen LogP) is 4.13. The van der Waals surface area contributed by atoms with E-state index in [1.54, 1.807) is 11.3 Å². The van der Waals surface area contributed by atoms with E-state index in [1.165, 1.54) is 0 Å². The molecule has 6 heteroatoms. The van der Waals surface area contributed by atoms with Crippen LogP contribution in [0.15, 0.2) is 53.5 Å². The Bertz CT molecular complexity index is 788. The maximum atomic E-state index is 7.52. The molecule has 0 aromatic carbocycles. The molecule has 2 N–H and O–H groups in total. The van der Waals surface area contributed by atoms with E-state index in [0.717, 1.165) is 16.3 Å². The highest BCUT2D eigenvalue weighted by molar-refractivity contribution is 7.71. The smallest absolute Gasteiger partial charge is 0.195 e. The molecule has 0 bridgehead atoms. The van der Waals surface area contributed by atoms with Crippen molar-refractivity contribution in [1.29, 1.82) is 5.41 Å². The number of rotatable bonds is 4. The number of aromatic nitrogens is 3. The lowest BCUT2D eigenvalue weighted by Gasteiger charge is -2.04. The van der Waals surface area contributed by atoms with Crippen molar-refractivity contribution < 1.29 is 0 Å². The first kappa shape index (κ1) is 13.9. The van der Waals surface area contributed by atoms with E-state index in [-0.39, 0.29) is 0 Å². The van der Waals surface area contributed by atoms with Crippen LogP contribution in [0.25, 0.3) is 10.7 Å². The Hall–Kier alpha value is -2.05. The molecular weight excluding hydrogens is 300 g/mol. The molecule has 0 aliphatic heterocycles. The summed E-state index contributed by atoms with van der Waals surface area (Å²) in [5, 5.41) is 16.7. The maximum Gasteiger partial charge on any atom is 0.195 e. The number of aromatic amines is 1. The molecule has 0 saturated heterocycles. The number of hydrogen-bond donors (Lipinski definition) is 2. The molecule has 106 valence electrons. The Balaban J connectivity index is 1.77. The van der Waals surface area contributed by atoms with Gasteiger partial charge in [-0.15, -0.1) is 11.3 Å². The summed E-state index contributed by atoms with van der Waals surface area (Å²) in [5.41, 5.74) is 1.77. The molecule has 1 aliphatic rings. The zero-order valence-corrected chi connectivity index (χ0v) is 12.9. The number of hydrogen-bond acceptors (Lipinski definition) is 4. The summed E-state index contributed by atoms with van der Waals surface area (Å²) >= 11 is 6.94. The van der Waals surface area contributed by atoms with Crippen LogP contribution in [-0.4, -0.2) is 20.5 Å². The molecule has 0 atom stereocenters. The third kappa shape index (κ3) is 3.17. The molecule has 2 aromatic rings. The van der Waals surface area contributed by atoms with Gasteiger partial charge in [-0.2, -0.15) is 5.10 Å². The molecule has 0 amide bonds. The van der Waals surface area contributed by atoms with Gasteiger partial charge in [0.25, 0.3) is 0 Å². The minimum atomic E-state index is 0.623. The Morgan fingerprint density at radius 2 is 2.38 bits per heavy atom. The molecule has 21 heavy (non-hydrogen) atoms. The van der Waals surface area contributed by atoms with E-state index < -0.39 is 0 Å². The van der Waals surface area contributed by atoms with Crippen molar-refractivity contribution in [2.45, 2.75) is 13.0 Å². The predicted molar refractivity (Wildman–Crippen MR) is 89.4 cm³/mol. The second-order valence-electron chi connectivity index (χ2n) is 4.61. The first-order valence-electron chi connectivity index (χ1n) is 6.55. The third-order valence-corrected chi connectivity index (χ3v) is 4.31. The van der Waals surface area contributed by atoms with Crippen LogP contribution < -0.4 is 0 Å². The Morgan fingerprint density at radius 3 is 3.10 bits per heavy atom. The van der Waals surface area contributed by atoms with Crippen molar-refractivity contribution >= 4 is 29.3 Å². The van der Waals surface area contributed by atoms with Gasteiger partial charge >= 0.3 is 0 Å². The summed E-state index contributed by atoms with van der Waals surface area (Å²) in [4.78, 5) is 1.10. The topological polar surface area (TPSA) is 57.5 Å². The van der Waals surface area contributed by atoms with Gasteiger partial charge < -0.3 is 5.41 Å². The summed E-state index contributed by atoms with van der Waals surface area (Å²) in [7, 11) is 0. The number of H-pyrrole nitrogens is 1. The monoisotopic (exact) mass is 314 g/mol. The highest BCUT2D eigenvalue weighted by Crippen LogP contribution is 2.22. The van der Waals surface area contributed by atoms with Crippen molar-refractivity contribution in [3.8, 4) is 10.7 Å². The second kappa shape index (κ2) is 6.15. The molecule has 0 unspecified atom stereocenters. The lowest BCUT2D eigenvalue weighted by Crippen LogP contribution is -1.98. The molecule has 2 heterocycles. The number of nitrogens with one attached hydrogen (secondary N) is 2. The second-order valence-corrected chi connectivity index (χ2v) is 5.94. The fourth-order valence-corrected chi connectivity index (χ4v) is 2.99. The SMILES string of the molecule is N=C1C=CC(/C=C/Cn2c(-c3cccs3)n[nH]c2=S)=CC1. The third-order valence-electron chi connectivity index (χ3n) is 3.13. The molecule has 0 radical (unpaired) electrons. The van der Waals surface area contributed by atoms with Crippen LogP contribution in [0.2, 0.25) is 0 Å². The zero-order valence-electron chi connectivity index (χ0n) is 11.2. The quantitative estimate of drug-likeness (QED) is 0.834. The van der Waals surface area contributed by atoms with E-state index in [4.69, 9.17) is 17.6 Å². The maximum absolute atomic E-state index is 7.52. The molecular formula is C15H14N4S2. The first-order valence-corrected chi connectivity index (χ1v) is 7.84. The lowest BCUT2D eigenvalue weighted by molar-refractivity contribution is 0.813. The van der Waals surface area contributed by atoms with Crippen molar-refractivity contribution in [2.24, 2.45) is 0 Å². The van der Waals surface area contributed by atoms with Gasteiger partial charge in [-0.05, 0) is 35.3 Å². The lowest BCUT2D eigenvalue weighted by atomic mass is 10.1. The molecule has 2 aromatic heterocycles. The van der Waals surface area contributed by atoms with Crippen LogP contribution in [0.4, 0.5) is 0 Å². The van der Waals surface area contributed by atoms with Gasteiger partial charge in [0, 0.05) is 18.7 Å². The van der Waals surface area contributed by atoms with Gasteiger partial charge in [-0.1, -0.05) is 30.4 Å². The van der Waals surface area contributed by atoms with Crippen LogP contribution in [0.3, 0.4) is 0 Å². The summed E-state index contributed by atoms with van der Waals surface area (Å²) < 4.78 is 2.60. The van der Waals surface area contributed by atoms with E-state index in [9.17, 15) is 0 Å². The molecule has 0 saturated carbocycles. The zero-order chi connectivity index (χ0) is 14.7. The minimum Gasteiger partial charge on any atom is -0.305 e. The van der Waals surface area contributed by atoms with E-state index in [2.05, 4.69) is 22.3 Å². The molecule has 4 nitrogen and oxygen atoms in total. The standard InChI is InChI=1S/C15H14N4S2/c16-12-7-5-11(6-8-12)3-1-9-19-14(17-18-15(19)20)13-4-2-10-21-13/h1-7,10,16H,8-9H2,(H,18,20)/b3-1+,16-12?. The Labute approximate surface area is 131 Å². The van der Waals surface area contributed by atoms with Crippen LogP contribution in [0.5, 0.6) is 0 Å². The average Bonchev–Trinajstić information content (AvgIpc) is 3.12. The van der Waals surface area contributed by atoms with Crippen molar-refractivity contribution in [3.05, 3.63) is 58.2 Å².